The van der Waals surface area contributed by atoms with Gasteiger partial charge in [0.2, 0.25) is 11.8 Å². The first-order valence-electron chi connectivity index (χ1n) is 10.6. The van der Waals surface area contributed by atoms with Gasteiger partial charge in [0.25, 0.3) is 0 Å². The molecule has 1 aliphatic heterocycles. The molecule has 0 atom stereocenters. The molecular weight excluding hydrogens is 495 g/mol. The number of carbonyl (C=O) groups excluding carboxylic acids is 2. The molecule has 1 aromatic carbocycles. The molecule has 0 spiro atoms. The van der Waals surface area contributed by atoms with Crippen LogP contribution in [-0.2, 0) is 16.1 Å². The molecule has 1 saturated carbocycles. The second kappa shape index (κ2) is 12.1. The summed E-state index contributed by atoms with van der Waals surface area (Å²) in [6, 6.07) is 6.21. The minimum absolute atomic E-state index is 0. The summed E-state index contributed by atoms with van der Waals surface area (Å²) < 4.78 is 6.03. The fraction of sp³-hybridized carbons (Fsp3) is 0.591. The molecule has 7 nitrogen and oxygen atoms in total. The Morgan fingerprint density at radius 3 is 2.60 bits per heavy atom. The number of likely N-dealkylation sites (tertiary alicyclic amines) is 1. The molecule has 2 aliphatic rings. The van der Waals surface area contributed by atoms with Gasteiger partial charge in [0, 0.05) is 38.0 Å². The van der Waals surface area contributed by atoms with Crippen LogP contribution in [-0.4, -0.2) is 48.9 Å². The van der Waals surface area contributed by atoms with Gasteiger partial charge in [-0.05, 0) is 50.7 Å². The molecule has 1 heterocycles. The van der Waals surface area contributed by atoms with Gasteiger partial charge in [-0.15, -0.1) is 24.0 Å². The molecule has 2 amide bonds. The topological polar surface area (TPSA) is 83.0 Å². The van der Waals surface area contributed by atoms with Crippen LogP contribution in [0.2, 0.25) is 0 Å². The van der Waals surface area contributed by atoms with Crippen molar-refractivity contribution in [3.05, 3.63) is 29.3 Å². The first-order valence-corrected chi connectivity index (χ1v) is 10.6. The lowest BCUT2D eigenvalue weighted by Gasteiger charge is -2.25. The van der Waals surface area contributed by atoms with E-state index in [1.54, 1.807) is 0 Å². The Kier molecular flexibility index (Phi) is 9.87. The fourth-order valence-electron chi connectivity index (χ4n) is 3.26. The predicted molar refractivity (Wildman–Crippen MR) is 128 cm³/mol. The molecule has 0 aromatic heterocycles. The molecule has 3 rings (SSSR count). The number of rotatable bonds is 9. The molecule has 8 heteroatoms. The molecule has 30 heavy (non-hydrogen) atoms. The average molecular weight is 528 g/mol. The van der Waals surface area contributed by atoms with E-state index in [4.69, 9.17) is 4.74 Å². The van der Waals surface area contributed by atoms with Crippen LogP contribution in [0.4, 0.5) is 0 Å². The Bertz CT molecular complexity index is 749. The summed E-state index contributed by atoms with van der Waals surface area (Å²) in [7, 11) is 0. The van der Waals surface area contributed by atoms with Gasteiger partial charge in [-0.2, -0.15) is 0 Å². The van der Waals surface area contributed by atoms with Crippen molar-refractivity contribution in [3.8, 4) is 5.75 Å². The van der Waals surface area contributed by atoms with Crippen LogP contribution in [0.25, 0.3) is 0 Å². The van der Waals surface area contributed by atoms with Crippen molar-refractivity contribution in [1.29, 1.82) is 0 Å². The van der Waals surface area contributed by atoms with E-state index in [1.165, 1.54) is 23.3 Å². The Labute approximate surface area is 196 Å². The minimum Gasteiger partial charge on any atom is -0.493 e. The molecule has 2 N–H and O–H groups in total. The van der Waals surface area contributed by atoms with Gasteiger partial charge in [-0.1, -0.05) is 12.1 Å². The Balaban J connectivity index is 0.00000320. The van der Waals surface area contributed by atoms with Crippen LogP contribution in [0, 0.1) is 12.8 Å². The van der Waals surface area contributed by atoms with Crippen molar-refractivity contribution in [2.75, 3.05) is 26.2 Å². The normalized spacial score (nSPS) is 16.9. The lowest BCUT2D eigenvalue weighted by atomic mass is 10.1. The molecule has 1 saturated heterocycles. The number of imide groups is 1. The molecule has 1 aromatic rings. The third-order valence-electron chi connectivity index (χ3n) is 5.16. The van der Waals surface area contributed by atoms with E-state index in [0.29, 0.717) is 50.8 Å². The third kappa shape index (κ3) is 7.45. The number of aliphatic imine (C=N–C) groups is 1. The first kappa shape index (κ1) is 24.4. The van der Waals surface area contributed by atoms with Crippen molar-refractivity contribution < 1.29 is 14.3 Å². The number of hydrogen-bond acceptors (Lipinski definition) is 4. The Hall–Kier alpha value is -1.84. The number of piperidine rings is 1. The molecule has 166 valence electrons. The average Bonchev–Trinajstić information content (AvgIpc) is 3.52. The summed E-state index contributed by atoms with van der Waals surface area (Å²) in [5, 5.41) is 6.44. The molecular formula is C22H33IN4O3. The van der Waals surface area contributed by atoms with E-state index in [9.17, 15) is 9.59 Å². The molecule has 1 aliphatic carbocycles. The Morgan fingerprint density at radius 1 is 1.20 bits per heavy atom. The first-order chi connectivity index (χ1) is 14.1. The number of carbonyl (C=O) groups is 2. The maximum Gasteiger partial charge on any atom is 0.229 e. The highest BCUT2D eigenvalue weighted by molar-refractivity contribution is 14.0. The highest BCUT2D eigenvalue weighted by Gasteiger charge is 2.25. The largest absolute Gasteiger partial charge is 0.493 e. The number of hydrogen-bond donors (Lipinski definition) is 2. The zero-order valence-electron chi connectivity index (χ0n) is 17.9. The standard InChI is InChI=1S/C22H32N4O3.HI/c1-3-23-22(24-11-12-26-20(27)5-4-6-21(26)28)25-14-18-10-7-16(2)13-19(18)29-15-17-8-9-17;/h7,10,13,17H,3-6,8-9,11-12,14-15H2,1-2H3,(H2,23,24,25);1H. The van der Waals surface area contributed by atoms with Crippen molar-refractivity contribution in [3.63, 3.8) is 0 Å². The maximum atomic E-state index is 11.9. The van der Waals surface area contributed by atoms with Gasteiger partial charge >= 0.3 is 0 Å². The Morgan fingerprint density at radius 2 is 1.93 bits per heavy atom. The molecule has 0 radical (unpaired) electrons. The van der Waals surface area contributed by atoms with Crippen LogP contribution < -0.4 is 15.4 Å². The minimum atomic E-state index is -0.0814. The number of amides is 2. The molecule has 0 unspecified atom stereocenters. The van der Waals surface area contributed by atoms with E-state index in [0.717, 1.165) is 24.5 Å². The summed E-state index contributed by atoms with van der Waals surface area (Å²) in [5.74, 6) is 2.11. The summed E-state index contributed by atoms with van der Waals surface area (Å²) in [5.41, 5.74) is 2.22. The van der Waals surface area contributed by atoms with Gasteiger partial charge in [0.1, 0.15) is 5.75 Å². The number of halogens is 1. The second-order valence-corrected chi connectivity index (χ2v) is 7.78. The van der Waals surface area contributed by atoms with E-state index in [-0.39, 0.29) is 35.8 Å². The number of guanidine groups is 1. The monoisotopic (exact) mass is 528 g/mol. The van der Waals surface area contributed by atoms with E-state index < -0.39 is 0 Å². The van der Waals surface area contributed by atoms with E-state index >= 15 is 0 Å². The van der Waals surface area contributed by atoms with Crippen LogP contribution in [0.5, 0.6) is 5.75 Å². The number of ether oxygens (including phenoxy) is 1. The SMILES string of the molecule is CCNC(=NCc1ccc(C)cc1OCC1CC1)NCCN1C(=O)CCCC1=O.I. The summed E-state index contributed by atoms with van der Waals surface area (Å²) in [6.45, 7) is 6.90. The number of nitrogens with one attached hydrogen (secondary N) is 2. The number of nitrogens with zero attached hydrogens (tertiary/aromatic N) is 2. The van der Waals surface area contributed by atoms with Crippen LogP contribution in [0.1, 0.15) is 50.2 Å². The van der Waals surface area contributed by atoms with E-state index in [2.05, 4.69) is 40.7 Å². The number of aryl methyl sites for hydroxylation is 1. The highest BCUT2D eigenvalue weighted by atomic mass is 127. The van der Waals surface area contributed by atoms with Gasteiger partial charge in [0.05, 0.1) is 13.2 Å². The summed E-state index contributed by atoms with van der Waals surface area (Å²) in [4.78, 5) is 29.8. The van der Waals surface area contributed by atoms with Crippen LogP contribution >= 0.6 is 24.0 Å². The maximum absolute atomic E-state index is 11.9. The highest BCUT2D eigenvalue weighted by Crippen LogP contribution is 2.31. The van der Waals surface area contributed by atoms with Gasteiger partial charge in [0.15, 0.2) is 5.96 Å². The van der Waals surface area contributed by atoms with Crippen molar-refractivity contribution in [2.24, 2.45) is 10.9 Å². The molecule has 0 bridgehead atoms. The van der Waals surface area contributed by atoms with Crippen LogP contribution in [0.3, 0.4) is 0 Å². The summed E-state index contributed by atoms with van der Waals surface area (Å²) >= 11 is 0. The number of benzene rings is 1. The van der Waals surface area contributed by atoms with Gasteiger partial charge in [-0.3, -0.25) is 14.5 Å². The quantitative estimate of drug-likeness (QED) is 0.223. The van der Waals surface area contributed by atoms with Gasteiger partial charge < -0.3 is 15.4 Å². The zero-order chi connectivity index (χ0) is 20.6. The summed E-state index contributed by atoms with van der Waals surface area (Å²) in [6.07, 6.45) is 4.09. The zero-order valence-corrected chi connectivity index (χ0v) is 20.2. The third-order valence-corrected chi connectivity index (χ3v) is 5.16. The smallest absolute Gasteiger partial charge is 0.229 e. The predicted octanol–water partition coefficient (Wildman–Crippen LogP) is 3.00. The van der Waals surface area contributed by atoms with Crippen molar-refractivity contribution in [1.82, 2.24) is 15.5 Å². The van der Waals surface area contributed by atoms with E-state index in [1.807, 2.05) is 6.92 Å². The lowest BCUT2D eigenvalue weighted by Crippen LogP contribution is -2.46. The lowest BCUT2D eigenvalue weighted by molar-refractivity contribution is -0.147. The van der Waals surface area contributed by atoms with Crippen molar-refractivity contribution in [2.45, 2.75) is 52.5 Å². The molecule has 2 fully saturated rings. The second-order valence-electron chi connectivity index (χ2n) is 7.78. The van der Waals surface area contributed by atoms with Crippen LogP contribution in [0.15, 0.2) is 23.2 Å². The fourth-order valence-corrected chi connectivity index (χ4v) is 3.26. The van der Waals surface area contributed by atoms with Crippen molar-refractivity contribution >= 4 is 41.8 Å². The van der Waals surface area contributed by atoms with Gasteiger partial charge in [-0.25, -0.2) is 4.99 Å².